The molecule has 3 aromatic rings. The van der Waals surface area contributed by atoms with Crippen molar-refractivity contribution in [2.75, 3.05) is 0 Å². The number of hydrogen-bond acceptors (Lipinski definition) is 5. The predicted octanol–water partition coefficient (Wildman–Crippen LogP) is 4.31. The summed E-state index contributed by atoms with van der Waals surface area (Å²) in [5.41, 5.74) is 1.17. The molecule has 2 aromatic carbocycles. The van der Waals surface area contributed by atoms with Gasteiger partial charge in [-0.2, -0.15) is 5.26 Å². The second-order valence-electron chi connectivity index (χ2n) is 7.41. The lowest BCUT2D eigenvalue weighted by atomic mass is 10.0. The molecule has 1 heterocycles. The molecule has 0 amide bonds. The summed E-state index contributed by atoms with van der Waals surface area (Å²) in [6, 6.07) is 13.1. The zero-order chi connectivity index (χ0) is 22.2. The molecule has 0 saturated heterocycles. The number of aromatic nitrogens is 1. The fourth-order valence-electron chi connectivity index (χ4n) is 3.55. The van der Waals surface area contributed by atoms with E-state index in [1.165, 1.54) is 48.7 Å². The number of benzene rings is 2. The van der Waals surface area contributed by atoms with Crippen molar-refractivity contribution in [3.05, 3.63) is 82.8 Å². The van der Waals surface area contributed by atoms with Gasteiger partial charge in [0.15, 0.2) is 9.84 Å². The minimum Gasteiger partial charge on any atom is -0.478 e. The first-order valence-electron chi connectivity index (χ1n) is 9.54. The molecular weight excluding hydrogens is 419 g/mol. The fraction of sp³-hybridized carbons (Fsp3) is 0.174. The lowest BCUT2D eigenvalue weighted by Gasteiger charge is -2.14. The highest BCUT2D eigenvalue weighted by Crippen LogP contribution is 2.44. The molecule has 31 heavy (non-hydrogen) atoms. The van der Waals surface area contributed by atoms with E-state index in [2.05, 4.69) is 4.98 Å². The van der Waals surface area contributed by atoms with Crippen LogP contribution in [0.4, 0.5) is 4.39 Å². The van der Waals surface area contributed by atoms with Crippen LogP contribution in [0.5, 0.6) is 0 Å². The van der Waals surface area contributed by atoms with Crippen LogP contribution in [0.3, 0.4) is 0 Å². The van der Waals surface area contributed by atoms with Gasteiger partial charge in [0.05, 0.1) is 27.8 Å². The second kappa shape index (κ2) is 7.93. The van der Waals surface area contributed by atoms with E-state index in [0.29, 0.717) is 5.56 Å². The molecule has 0 radical (unpaired) electrons. The highest BCUT2D eigenvalue weighted by molar-refractivity contribution is 7.90. The normalized spacial score (nSPS) is 13.5. The molecule has 1 saturated carbocycles. The van der Waals surface area contributed by atoms with Crippen LogP contribution in [0.2, 0.25) is 0 Å². The summed E-state index contributed by atoms with van der Waals surface area (Å²) < 4.78 is 41.2. The Kier molecular flexibility index (Phi) is 5.29. The summed E-state index contributed by atoms with van der Waals surface area (Å²) >= 11 is 0. The Balaban J connectivity index is 1.84. The molecule has 0 spiro atoms. The first-order valence-corrected chi connectivity index (χ1v) is 11.2. The number of carboxylic acid groups (broad SMARTS) is 1. The lowest BCUT2D eigenvalue weighted by Crippen LogP contribution is -2.11. The fourth-order valence-corrected chi connectivity index (χ4v) is 5.25. The summed E-state index contributed by atoms with van der Waals surface area (Å²) in [6.45, 7) is 0. The second-order valence-corrected chi connectivity index (χ2v) is 9.37. The number of hydrogen-bond donors (Lipinski definition) is 1. The largest absolute Gasteiger partial charge is 0.478 e. The van der Waals surface area contributed by atoms with Crippen LogP contribution in [0, 0.1) is 17.1 Å². The number of sulfone groups is 1. The van der Waals surface area contributed by atoms with E-state index in [-0.39, 0.29) is 38.8 Å². The molecule has 0 aliphatic heterocycles. The molecule has 0 atom stereocenters. The zero-order valence-corrected chi connectivity index (χ0v) is 17.1. The van der Waals surface area contributed by atoms with E-state index >= 15 is 0 Å². The predicted molar refractivity (Wildman–Crippen MR) is 111 cm³/mol. The minimum atomic E-state index is -4.00. The molecule has 8 heteroatoms. The standard InChI is InChI=1S/C23H17FN2O4S/c24-20-2-1-9-26-22(20)19-7-3-14(12-25)10-17(19)13-31(29,30)21-11-16(23(27)28)6-8-18(21)15-4-5-15/h1-3,6-11,15H,4-5,13H2,(H,27,28). The van der Waals surface area contributed by atoms with Gasteiger partial charge >= 0.3 is 5.97 Å². The molecule has 0 unspecified atom stereocenters. The van der Waals surface area contributed by atoms with E-state index in [1.807, 2.05) is 6.07 Å². The van der Waals surface area contributed by atoms with Gasteiger partial charge in [-0.1, -0.05) is 12.1 Å². The maximum Gasteiger partial charge on any atom is 0.335 e. The molecule has 0 bridgehead atoms. The number of aromatic carboxylic acids is 1. The third kappa shape index (κ3) is 4.18. The number of carboxylic acids is 1. The average molecular weight is 436 g/mol. The molecule has 1 N–H and O–H groups in total. The van der Waals surface area contributed by atoms with Crippen molar-refractivity contribution in [2.24, 2.45) is 0 Å². The van der Waals surface area contributed by atoms with E-state index < -0.39 is 27.4 Å². The molecule has 1 fully saturated rings. The SMILES string of the molecule is N#Cc1ccc(-c2ncccc2F)c(CS(=O)(=O)c2cc(C(=O)O)ccc2C2CC2)c1. The summed E-state index contributed by atoms with van der Waals surface area (Å²) in [5.74, 6) is -2.28. The monoisotopic (exact) mass is 436 g/mol. The molecule has 6 nitrogen and oxygen atoms in total. The van der Waals surface area contributed by atoms with Crippen molar-refractivity contribution in [2.45, 2.75) is 29.4 Å². The quantitative estimate of drug-likeness (QED) is 0.617. The maximum atomic E-state index is 14.4. The van der Waals surface area contributed by atoms with Gasteiger partial charge in [-0.3, -0.25) is 4.98 Å². The van der Waals surface area contributed by atoms with Gasteiger partial charge in [0, 0.05) is 11.8 Å². The minimum absolute atomic E-state index is 0.0149. The van der Waals surface area contributed by atoms with Crippen molar-refractivity contribution in [3.63, 3.8) is 0 Å². The van der Waals surface area contributed by atoms with E-state index in [9.17, 15) is 28.0 Å². The highest BCUT2D eigenvalue weighted by atomic mass is 32.2. The summed E-state index contributed by atoms with van der Waals surface area (Å²) in [4.78, 5) is 15.4. The van der Waals surface area contributed by atoms with Crippen molar-refractivity contribution in [1.82, 2.24) is 4.98 Å². The molecule has 4 rings (SSSR count). The third-order valence-electron chi connectivity index (χ3n) is 5.21. The Morgan fingerprint density at radius 2 is 1.97 bits per heavy atom. The van der Waals surface area contributed by atoms with E-state index in [1.54, 1.807) is 6.07 Å². The topological polar surface area (TPSA) is 108 Å². The van der Waals surface area contributed by atoms with Crippen LogP contribution < -0.4 is 0 Å². The molecule has 156 valence electrons. The van der Waals surface area contributed by atoms with Crippen LogP contribution >= 0.6 is 0 Å². The van der Waals surface area contributed by atoms with E-state index in [0.717, 1.165) is 12.8 Å². The van der Waals surface area contributed by atoms with Gasteiger partial charge in [0.2, 0.25) is 0 Å². The number of rotatable bonds is 6. The highest BCUT2D eigenvalue weighted by Gasteiger charge is 2.32. The average Bonchev–Trinajstić information content (AvgIpc) is 3.59. The van der Waals surface area contributed by atoms with Gasteiger partial charge in [0.1, 0.15) is 11.5 Å². The van der Waals surface area contributed by atoms with Crippen molar-refractivity contribution >= 4 is 15.8 Å². The van der Waals surface area contributed by atoms with E-state index in [4.69, 9.17) is 0 Å². The molecule has 1 aliphatic rings. The number of halogens is 1. The Hall–Kier alpha value is -3.57. The van der Waals surface area contributed by atoms with Crippen molar-refractivity contribution in [3.8, 4) is 17.3 Å². The van der Waals surface area contributed by atoms with Crippen molar-refractivity contribution < 1.29 is 22.7 Å². The van der Waals surface area contributed by atoms with Gasteiger partial charge in [-0.05, 0) is 66.3 Å². The van der Waals surface area contributed by atoms with Crippen LogP contribution in [0.25, 0.3) is 11.3 Å². The van der Waals surface area contributed by atoms with Gasteiger partial charge in [-0.15, -0.1) is 0 Å². The Morgan fingerprint density at radius 1 is 1.19 bits per heavy atom. The smallest absolute Gasteiger partial charge is 0.335 e. The first-order chi connectivity index (χ1) is 14.8. The molecular formula is C23H17FN2O4S. The van der Waals surface area contributed by atoms with Gasteiger partial charge in [0.25, 0.3) is 0 Å². The zero-order valence-electron chi connectivity index (χ0n) is 16.2. The first kappa shape index (κ1) is 20.7. The van der Waals surface area contributed by atoms with Gasteiger partial charge in [-0.25, -0.2) is 17.6 Å². The summed E-state index contributed by atoms with van der Waals surface area (Å²) in [6.07, 6.45) is 3.07. The summed E-state index contributed by atoms with van der Waals surface area (Å²) in [7, 11) is -4.00. The lowest BCUT2D eigenvalue weighted by molar-refractivity contribution is 0.0696. The third-order valence-corrected chi connectivity index (χ3v) is 6.92. The number of nitrogens with zero attached hydrogens (tertiary/aromatic N) is 2. The number of carbonyl (C=O) groups is 1. The number of nitriles is 1. The summed E-state index contributed by atoms with van der Waals surface area (Å²) in [5, 5.41) is 18.6. The van der Waals surface area contributed by atoms with Crippen LogP contribution in [0.1, 0.15) is 45.8 Å². The van der Waals surface area contributed by atoms with Crippen molar-refractivity contribution in [1.29, 1.82) is 5.26 Å². The Morgan fingerprint density at radius 3 is 2.61 bits per heavy atom. The Bertz CT molecular complexity index is 1340. The van der Waals surface area contributed by atoms with Crippen LogP contribution in [-0.4, -0.2) is 24.5 Å². The van der Waals surface area contributed by atoms with Crippen LogP contribution in [-0.2, 0) is 15.6 Å². The van der Waals surface area contributed by atoms with Gasteiger partial charge < -0.3 is 5.11 Å². The number of pyridine rings is 1. The molecule has 1 aliphatic carbocycles. The van der Waals surface area contributed by atoms with Crippen LogP contribution in [0.15, 0.2) is 59.6 Å². The molecule has 1 aromatic heterocycles. The maximum absolute atomic E-state index is 14.4. The Labute approximate surface area is 178 Å².